The van der Waals surface area contributed by atoms with Gasteiger partial charge in [-0.2, -0.15) is 4.31 Å². The van der Waals surface area contributed by atoms with Crippen molar-refractivity contribution in [3.8, 4) is 11.4 Å². The monoisotopic (exact) mass is 497 g/mol. The number of carbonyl (C=O) groups is 1. The lowest BCUT2D eigenvalue weighted by atomic mass is 10.2. The number of rotatable bonds is 9. The number of piperidine rings is 1. The summed E-state index contributed by atoms with van der Waals surface area (Å²) >= 11 is 1.27. The Bertz CT molecular complexity index is 1250. The zero-order chi connectivity index (χ0) is 24.0. The Balaban J connectivity index is 1.43. The maximum Gasteiger partial charge on any atom is 0.243 e. The first kappa shape index (κ1) is 24.2. The molecule has 3 aromatic rings. The van der Waals surface area contributed by atoms with E-state index in [1.807, 2.05) is 34.9 Å². The van der Waals surface area contributed by atoms with Crippen LogP contribution in [0.4, 0.5) is 5.69 Å². The zero-order valence-electron chi connectivity index (χ0n) is 18.8. The van der Waals surface area contributed by atoms with Crippen molar-refractivity contribution < 1.29 is 13.2 Å². The van der Waals surface area contributed by atoms with Gasteiger partial charge in [0.1, 0.15) is 0 Å². The van der Waals surface area contributed by atoms with Crippen LogP contribution in [-0.4, -0.2) is 52.2 Å². The van der Waals surface area contributed by atoms with Gasteiger partial charge in [-0.1, -0.05) is 60.7 Å². The van der Waals surface area contributed by atoms with Crippen LogP contribution in [0.25, 0.3) is 11.4 Å². The number of aromatic nitrogens is 3. The summed E-state index contributed by atoms with van der Waals surface area (Å²) in [7, 11) is -3.57. The second kappa shape index (κ2) is 11.0. The molecule has 8 nitrogen and oxygen atoms in total. The van der Waals surface area contributed by atoms with E-state index in [2.05, 4.69) is 22.1 Å². The number of anilines is 1. The first-order valence-electron chi connectivity index (χ1n) is 11.1. The standard InChI is InChI=1S/C24H27N5O3S2/c1-2-14-29-23(19-10-5-3-6-11-19)26-27-24(29)33-18-22(30)25-20-12-9-13-21(17-20)34(31,32)28-15-7-4-8-16-28/h2-3,5-6,9-13,17H,1,4,7-8,14-16,18H2,(H,25,30). The number of thioether (sulfide) groups is 1. The summed E-state index contributed by atoms with van der Waals surface area (Å²) in [6.45, 7) is 5.39. The predicted molar refractivity (Wildman–Crippen MR) is 134 cm³/mol. The number of sulfonamides is 1. The lowest BCUT2D eigenvalue weighted by Crippen LogP contribution is -2.35. The van der Waals surface area contributed by atoms with Gasteiger partial charge >= 0.3 is 0 Å². The third kappa shape index (κ3) is 5.57. The molecule has 178 valence electrons. The third-order valence-electron chi connectivity index (χ3n) is 5.46. The van der Waals surface area contributed by atoms with Crippen molar-refractivity contribution in [3.63, 3.8) is 0 Å². The Kier molecular flexibility index (Phi) is 7.81. The van der Waals surface area contributed by atoms with Crippen LogP contribution in [0.15, 0.2) is 77.3 Å². The minimum atomic E-state index is -3.57. The molecule has 1 amide bonds. The predicted octanol–water partition coefficient (Wildman–Crippen LogP) is 4.04. The highest BCUT2D eigenvalue weighted by atomic mass is 32.2. The van der Waals surface area contributed by atoms with E-state index < -0.39 is 10.0 Å². The molecular weight excluding hydrogens is 470 g/mol. The fourth-order valence-electron chi connectivity index (χ4n) is 3.81. The number of hydrogen-bond donors (Lipinski definition) is 1. The van der Waals surface area contributed by atoms with Crippen molar-refractivity contribution in [3.05, 3.63) is 67.3 Å². The van der Waals surface area contributed by atoms with Crippen LogP contribution in [0.1, 0.15) is 19.3 Å². The molecule has 2 aromatic carbocycles. The second-order valence-corrected chi connectivity index (χ2v) is 10.8. The van der Waals surface area contributed by atoms with E-state index in [9.17, 15) is 13.2 Å². The SMILES string of the molecule is C=CCn1c(SCC(=O)Nc2cccc(S(=O)(=O)N3CCCCC3)c2)nnc1-c1ccccc1. The first-order valence-corrected chi connectivity index (χ1v) is 13.5. The van der Waals surface area contributed by atoms with Crippen LogP contribution in [0.3, 0.4) is 0 Å². The lowest BCUT2D eigenvalue weighted by Gasteiger charge is -2.26. The topological polar surface area (TPSA) is 97.2 Å². The van der Waals surface area contributed by atoms with Crippen molar-refractivity contribution in [2.75, 3.05) is 24.2 Å². The molecule has 1 saturated heterocycles. The largest absolute Gasteiger partial charge is 0.325 e. The molecule has 0 aliphatic carbocycles. The molecule has 1 N–H and O–H groups in total. The fourth-order valence-corrected chi connectivity index (χ4v) is 6.12. The molecule has 0 atom stereocenters. The van der Waals surface area contributed by atoms with E-state index in [1.165, 1.54) is 22.1 Å². The number of hydrogen-bond acceptors (Lipinski definition) is 6. The van der Waals surface area contributed by atoms with Crippen molar-refractivity contribution >= 4 is 33.4 Å². The third-order valence-corrected chi connectivity index (χ3v) is 8.32. The summed E-state index contributed by atoms with van der Waals surface area (Å²) in [6.07, 6.45) is 4.55. The number of amides is 1. The maximum atomic E-state index is 12.9. The highest BCUT2D eigenvalue weighted by molar-refractivity contribution is 7.99. The molecule has 1 aromatic heterocycles. The Hall–Kier alpha value is -2.95. The van der Waals surface area contributed by atoms with Crippen LogP contribution in [0, 0.1) is 0 Å². The molecule has 2 heterocycles. The van der Waals surface area contributed by atoms with Crippen molar-refractivity contribution in [1.82, 2.24) is 19.1 Å². The number of benzene rings is 2. The van der Waals surface area contributed by atoms with E-state index in [1.54, 1.807) is 24.3 Å². The second-order valence-electron chi connectivity index (χ2n) is 7.90. The van der Waals surface area contributed by atoms with Crippen molar-refractivity contribution in [1.29, 1.82) is 0 Å². The number of carbonyl (C=O) groups excluding carboxylic acids is 1. The van der Waals surface area contributed by atoms with Gasteiger partial charge in [-0.25, -0.2) is 8.42 Å². The summed E-state index contributed by atoms with van der Waals surface area (Å²) in [6, 6.07) is 16.1. The number of nitrogens with one attached hydrogen (secondary N) is 1. The van der Waals surface area contributed by atoms with Gasteiger partial charge in [0.25, 0.3) is 0 Å². The molecular formula is C24H27N5O3S2. The van der Waals surface area contributed by atoms with Gasteiger partial charge in [0, 0.05) is 30.9 Å². The van der Waals surface area contributed by atoms with E-state index in [-0.39, 0.29) is 16.6 Å². The highest BCUT2D eigenvalue weighted by Gasteiger charge is 2.26. The van der Waals surface area contributed by atoms with E-state index >= 15 is 0 Å². The van der Waals surface area contributed by atoms with Gasteiger partial charge in [0.2, 0.25) is 15.9 Å². The average molecular weight is 498 g/mol. The van der Waals surface area contributed by atoms with Crippen LogP contribution in [0.5, 0.6) is 0 Å². The molecule has 0 unspecified atom stereocenters. The van der Waals surface area contributed by atoms with E-state index in [4.69, 9.17) is 0 Å². The van der Waals surface area contributed by atoms with Gasteiger partial charge in [-0.15, -0.1) is 16.8 Å². The molecule has 0 bridgehead atoms. The molecule has 0 saturated carbocycles. The van der Waals surface area contributed by atoms with Crippen LogP contribution in [0.2, 0.25) is 0 Å². The summed E-state index contributed by atoms with van der Waals surface area (Å²) < 4.78 is 29.3. The summed E-state index contributed by atoms with van der Waals surface area (Å²) in [5.41, 5.74) is 1.38. The normalized spacial score (nSPS) is 14.6. The van der Waals surface area contributed by atoms with Crippen LogP contribution < -0.4 is 5.32 Å². The van der Waals surface area contributed by atoms with Crippen molar-refractivity contribution in [2.24, 2.45) is 0 Å². The Morgan fingerprint density at radius 1 is 1.06 bits per heavy atom. The Morgan fingerprint density at radius 3 is 2.56 bits per heavy atom. The Morgan fingerprint density at radius 2 is 1.82 bits per heavy atom. The lowest BCUT2D eigenvalue weighted by molar-refractivity contribution is -0.113. The Labute approximate surface area is 204 Å². The van der Waals surface area contributed by atoms with Crippen LogP contribution >= 0.6 is 11.8 Å². The summed E-state index contributed by atoms with van der Waals surface area (Å²) in [5.74, 6) is 0.554. The fraction of sp³-hybridized carbons (Fsp3) is 0.292. The molecule has 34 heavy (non-hydrogen) atoms. The van der Waals surface area contributed by atoms with Gasteiger partial charge in [0.05, 0.1) is 10.6 Å². The molecule has 10 heteroatoms. The van der Waals surface area contributed by atoms with E-state index in [0.29, 0.717) is 36.3 Å². The van der Waals surface area contributed by atoms with Crippen LogP contribution in [-0.2, 0) is 21.4 Å². The number of nitrogens with zero attached hydrogens (tertiary/aromatic N) is 4. The smallest absolute Gasteiger partial charge is 0.243 e. The van der Waals surface area contributed by atoms with Gasteiger partial charge in [-0.3, -0.25) is 9.36 Å². The molecule has 1 aliphatic heterocycles. The minimum Gasteiger partial charge on any atom is -0.325 e. The molecule has 0 spiro atoms. The maximum absolute atomic E-state index is 12.9. The quantitative estimate of drug-likeness (QED) is 0.354. The molecule has 4 rings (SSSR count). The molecule has 1 fully saturated rings. The first-order chi connectivity index (χ1) is 16.5. The van der Waals surface area contributed by atoms with Gasteiger partial charge < -0.3 is 5.32 Å². The van der Waals surface area contributed by atoms with Crippen molar-refractivity contribution in [2.45, 2.75) is 35.9 Å². The van der Waals surface area contributed by atoms with Gasteiger partial charge in [-0.05, 0) is 31.0 Å². The summed E-state index contributed by atoms with van der Waals surface area (Å²) in [4.78, 5) is 12.8. The molecule has 1 aliphatic rings. The van der Waals surface area contributed by atoms with Gasteiger partial charge in [0.15, 0.2) is 11.0 Å². The minimum absolute atomic E-state index is 0.104. The zero-order valence-corrected chi connectivity index (χ0v) is 20.4. The van der Waals surface area contributed by atoms with E-state index in [0.717, 1.165) is 24.8 Å². The highest BCUT2D eigenvalue weighted by Crippen LogP contribution is 2.25. The number of allylic oxidation sites excluding steroid dienone is 1. The molecule has 0 radical (unpaired) electrons. The summed E-state index contributed by atoms with van der Waals surface area (Å²) in [5, 5.41) is 11.9. The average Bonchev–Trinajstić information content (AvgIpc) is 3.27.